The summed E-state index contributed by atoms with van der Waals surface area (Å²) < 4.78 is 11.8. The van der Waals surface area contributed by atoms with Gasteiger partial charge in [0.1, 0.15) is 17.6 Å². The van der Waals surface area contributed by atoms with Crippen LogP contribution in [0.25, 0.3) is 0 Å². The molecule has 3 aliphatic heterocycles. The second-order valence-electron chi connectivity index (χ2n) is 8.54. The Morgan fingerprint density at radius 2 is 2.07 bits per heavy atom. The third-order valence-electron chi connectivity index (χ3n) is 6.92. The first-order valence-corrected chi connectivity index (χ1v) is 10.9. The number of fused-ring (bicyclic) bond motifs is 1. The lowest BCUT2D eigenvalue weighted by atomic mass is 9.65. The number of aliphatic hydroxyl groups is 1. The zero-order valence-corrected chi connectivity index (χ0v) is 17.9. The lowest BCUT2D eigenvalue weighted by molar-refractivity contribution is -0.160. The maximum absolute atomic E-state index is 13.4. The molecule has 3 heterocycles. The molecule has 29 heavy (non-hydrogen) atoms. The Kier molecular flexibility index (Phi) is 6.24. The van der Waals surface area contributed by atoms with Crippen LogP contribution in [0.1, 0.15) is 59.8 Å². The number of ether oxygens (including phenoxy) is 2. The predicted molar refractivity (Wildman–Crippen MR) is 105 cm³/mol. The molecule has 0 saturated carbocycles. The maximum atomic E-state index is 13.4. The number of rotatable bonds is 9. The van der Waals surface area contributed by atoms with Gasteiger partial charge < -0.3 is 24.8 Å². The van der Waals surface area contributed by atoms with E-state index < -0.39 is 35.0 Å². The van der Waals surface area contributed by atoms with Gasteiger partial charge in [-0.3, -0.25) is 14.4 Å². The van der Waals surface area contributed by atoms with Crippen molar-refractivity contribution in [1.29, 1.82) is 0 Å². The van der Waals surface area contributed by atoms with Crippen molar-refractivity contribution in [3.63, 3.8) is 0 Å². The molecule has 8 heteroatoms. The number of hydrogen-bond acceptors (Lipinski definition) is 6. The minimum Gasteiger partial charge on any atom is -0.466 e. The van der Waals surface area contributed by atoms with E-state index in [1.165, 1.54) is 4.90 Å². The highest BCUT2D eigenvalue weighted by molar-refractivity contribution is 5.98. The molecule has 3 aliphatic rings. The summed E-state index contributed by atoms with van der Waals surface area (Å²) in [5, 5.41) is 12.5. The fraction of sp³-hybridized carbons (Fsp3) is 0.857. The minimum atomic E-state index is -1.05. The molecule has 8 nitrogen and oxygen atoms in total. The van der Waals surface area contributed by atoms with Crippen LogP contribution in [-0.2, 0) is 23.9 Å². The first-order valence-electron chi connectivity index (χ1n) is 10.9. The van der Waals surface area contributed by atoms with Gasteiger partial charge in [0.2, 0.25) is 11.8 Å². The van der Waals surface area contributed by atoms with Crippen LogP contribution in [-0.4, -0.2) is 70.8 Å². The number of hydrogen-bond donors (Lipinski definition) is 2. The summed E-state index contributed by atoms with van der Waals surface area (Å²) in [6.07, 6.45) is 3.48. The van der Waals surface area contributed by atoms with Crippen LogP contribution in [0.3, 0.4) is 0 Å². The number of nitrogens with zero attached hydrogens (tertiary/aromatic N) is 1. The molecule has 3 rings (SSSR count). The smallest absolute Gasteiger partial charge is 0.312 e. The monoisotopic (exact) mass is 410 g/mol. The quantitative estimate of drug-likeness (QED) is 0.550. The van der Waals surface area contributed by atoms with E-state index in [0.717, 1.165) is 12.8 Å². The standard InChI is InChI=1S/C21H34N2O6/c1-5-8-13(4)22-17(25)16-21-10-9-20(6-2,29-21)15(19(27)28-7-3)14(21)18(26)23(16)11-12-24/h13-16,24H,5-12H2,1-4H3,(H,22,25)/t13?,14-,15+,16?,20-,21?/m0/s1. The molecule has 0 aromatic rings. The number of nitrogens with one attached hydrogen (secondary N) is 1. The van der Waals surface area contributed by atoms with E-state index in [0.29, 0.717) is 19.3 Å². The highest BCUT2D eigenvalue weighted by Gasteiger charge is 2.78. The molecule has 2 N–H and O–H groups in total. The number of carbonyl (C=O) groups excluding carboxylic acids is 3. The van der Waals surface area contributed by atoms with E-state index in [2.05, 4.69) is 5.32 Å². The van der Waals surface area contributed by atoms with Crippen molar-refractivity contribution in [3.8, 4) is 0 Å². The second kappa shape index (κ2) is 8.22. The molecule has 3 unspecified atom stereocenters. The summed E-state index contributed by atoms with van der Waals surface area (Å²) in [7, 11) is 0. The van der Waals surface area contributed by atoms with Crippen LogP contribution in [0.5, 0.6) is 0 Å². The van der Waals surface area contributed by atoms with E-state index in [1.807, 2.05) is 20.8 Å². The van der Waals surface area contributed by atoms with E-state index in [-0.39, 0.29) is 37.6 Å². The van der Waals surface area contributed by atoms with Gasteiger partial charge in [-0.25, -0.2) is 0 Å². The Morgan fingerprint density at radius 1 is 1.34 bits per heavy atom. The van der Waals surface area contributed by atoms with Gasteiger partial charge in [-0.15, -0.1) is 0 Å². The van der Waals surface area contributed by atoms with Crippen molar-refractivity contribution in [1.82, 2.24) is 10.2 Å². The molecular formula is C21H34N2O6. The molecule has 1 spiro atoms. The predicted octanol–water partition coefficient (Wildman–Crippen LogP) is 1.00. The van der Waals surface area contributed by atoms with Crippen LogP contribution in [0.4, 0.5) is 0 Å². The number of carbonyl (C=O) groups is 3. The summed E-state index contributed by atoms with van der Waals surface area (Å²) in [5.41, 5.74) is -1.82. The Hall–Kier alpha value is -1.67. The van der Waals surface area contributed by atoms with Crippen LogP contribution < -0.4 is 5.32 Å². The molecule has 164 valence electrons. The van der Waals surface area contributed by atoms with E-state index >= 15 is 0 Å². The Labute approximate surface area is 172 Å². The number of aliphatic hydroxyl groups excluding tert-OH is 1. The lowest BCUT2D eigenvalue weighted by Crippen LogP contribution is -2.56. The topological polar surface area (TPSA) is 105 Å². The first-order chi connectivity index (χ1) is 13.8. The van der Waals surface area contributed by atoms with Crippen LogP contribution in [0.2, 0.25) is 0 Å². The first kappa shape index (κ1) is 22.0. The average molecular weight is 411 g/mol. The Balaban J connectivity index is 2.00. The number of esters is 1. The third-order valence-corrected chi connectivity index (χ3v) is 6.92. The van der Waals surface area contributed by atoms with Crippen LogP contribution >= 0.6 is 0 Å². The molecule has 2 amide bonds. The maximum Gasteiger partial charge on any atom is 0.312 e. The van der Waals surface area contributed by atoms with Crippen LogP contribution in [0, 0.1) is 11.8 Å². The summed E-state index contributed by atoms with van der Waals surface area (Å²) in [4.78, 5) is 41.0. The molecule has 2 bridgehead atoms. The van der Waals surface area contributed by atoms with E-state index in [1.54, 1.807) is 6.92 Å². The van der Waals surface area contributed by atoms with Gasteiger partial charge in [0.15, 0.2) is 0 Å². The molecule has 0 aromatic carbocycles. The van der Waals surface area contributed by atoms with Gasteiger partial charge in [0, 0.05) is 12.6 Å². The second-order valence-corrected chi connectivity index (χ2v) is 8.54. The van der Waals surface area contributed by atoms with Gasteiger partial charge in [0.25, 0.3) is 0 Å². The molecule has 3 fully saturated rings. The SMILES string of the molecule is CCCC(C)NC(=O)C1N(CCO)C(=O)[C@@H]2[C@H](C(=O)OCC)[C@]3(CC)CCC12O3. The number of likely N-dealkylation sites (tertiary alicyclic amines) is 1. The summed E-state index contributed by atoms with van der Waals surface area (Å²) in [5.74, 6) is -2.47. The minimum absolute atomic E-state index is 0.0337. The van der Waals surface area contributed by atoms with Gasteiger partial charge in [-0.2, -0.15) is 0 Å². The van der Waals surface area contributed by atoms with Gasteiger partial charge in [-0.1, -0.05) is 20.3 Å². The van der Waals surface area contributed by atoms with Crippen molar-refractivity contribution in [3.05, 3.63) is 0 Å². The fourth-order valence-corrected chi connectivity index (χ4v) is 5.78. The largest absolute Gasteiger partial charge is 0.466 e. The van der Waals surface area contributed by atoms with Gasteiger partial charge in [0.05, 0.1) is 24.7 Å². The normalized spacial score (nSPS) is 36.2. The average Bonchev–Trinajstić information content (AvgIpc) is 3.27. The highest BCUT2D eigenvalue weighted by Crippen LogP contribution is 2.64. The highest BCUT2D eigenvalue weighted by atomic mass is 16.6. The molecule has 3 saturated heterocycles. The zero-order chi connectivity index (χ0) is 21.4. The lowest BCUT2D eigenvalue weighted by Gasteiger charge is -2.34. The Bertz CT molecular complexity index is 670. The fourth-order valence-electron chi connectivity index (χ4n) is 5.78. The molecular weight excluding hydrogens is 376 g/mol. The van der Waals surface area contributed by atoms with Crippen molar-refractivity contribution >= 4 is 17.8 Å². The van der Waals surface area contributed by atoms with Gasteiger partial charge in [-0.05, 0) is 39.5 Å². The van der Waals surface area contributed by atoms with Crippen molar-refractivity contribution < 1.29 is 29.0 Å². The van der Waals surface area contributed by atoms with Gasteiger partial charge >= 0.3 is 5.97 Å². The summed E-state index contributed by atoms with van der Waals surface area (Å²) in [6.45, 7) is 7.67. The molecule has 0 aromatic heterocycles. The van der Waals surface area contributed by atoms with E-state index in [4.69, 9.17) is 9.47 Å². The van der Waals surface area contributed by atoms with Crippen LogP contribution in [0.15, 0.2) is 0 Å². The Morgan fingerprint density at radius 3 is 2.66 bits per heavy atom. The van der Waals surface area contributed by atoms with Crippen molar-refractivity contribution in [2.75, 3.05) is 19.8 Å². The zero-order valence-electron chi connectivity index (χ0n) is 17.9. The third kappa shape index (κ3) is 3.24. The van der Waals surface area contributed by atoms with Crippen molar-refractivity contribution in [2.24, 2.45) is 11.8 Å². The van der Waals surface area contributed by atoms with E-state index in [9.17, 15) is 19.5 Å². The summed E-state index contributed by atoms with van der Waals surface area (Å²) >= 11 is 0. The molecule has 6 atom stereocenters. The molecule has 0 aliphatic carbocycles. The van der Waals surface area contributed by atoms with Crippen molar-refractivity contribution in [2.45, 2.75) is 83.1 Å². The molecule has 0 radical (unpaired) electrons. The number of amides is 2. The number of β-amino-alcohol motifs (C(OH)–C–C–N with tert-alkyl or cyclic N) is 1. The summed E-state index contributed by atoms with van der Waals surface area (Å²) in [6, 6.07) is -0.882.